The van der Waals surface area contributed by atoms with E-state index in [0.717, 1.165) is 16.2 Å². The maximum absolute atomic E-state index is 11.0. The number of allylic oxidation sites excluding steroid dienone is 1. The molecule has 1 rings (SSSR count). The molecule has 0 spiro atoms. The Bertz CT molecular complexity index is 568. The Morgan fingerprint density at radius 1 is 1.45 bits per heavy atom. The van der Waals surface area contributed by atoms with Crippen LogP contribution in [0.25, 0.3) is 0 Å². The third-order valence-corrected chi connectivity index (χ3v) is 3.81. The van der Waals surface area contributed by atoms with Gasteiger partial charge in [0.05, 0.1) is 5.02 Å². The van der Waals surface area contributed by atoms with Gasteiger partial charge in [-0.2, -0.15) is 0 Å². The Balaban J connectivity index is 2.84. The lowest BCUT2D eigenvalue weighted by Gasteiger charge is -2.18. The molecule has 4 nitrogen and oxygen atoms in total. The number of carboxylic acid groups (broad SMARTS) is 1. The maximum atomic E-state index is 11.0. The van der Waals surface area contributed by atoms with Crippen molar-refractivity contribution in [2.45, 2.75) is 32.4 Å². The van der Waals surface area contributed by atoms with Crippen LogP contribution in [0, 0.1) is 0 Å². The third-order valence-electron chi connectivity index (χ3n) is 2.49. The predicted molar refractivity (Wildman–Crippen MR) is 84.5 cm³/mol. The Hall–Kier alpha value is -1.33. The quantitative estimate of drug-likeness (QED) is 0.835. The van der Waals surface area contributed by atoms with Crippen LogP contribution in [0.4, 0.5) is 0 Å². The molecule has 108 valence electrons. The summed E-state index contributed by atoms with van der Waals surface area (Å²) in [7, 11) is 0. The van der Waals surface area contributed by atoms with Gasteiger partial charge in [0.2, 0.25) is 0 Å². The monoisotopic (exact) mass is 312 g/mol. The summed E-state index contributed by atoms with van der Waals surface area (Å²) in [4.78, 5) is 20.2. The van der Waals surface area contributed by atoms with E-state index in [-0.39, 0.29) is 0 Å². The minimum absolute atomic E-state index is 0.555. The van der Waals surface area contributed by atoms with E-state index >= 15 is 0 Å². The molecule has 6 heteroatoms. The molecule has 0 bridgehead atoms. The van der Waals surface area contributed by atoms with Crippen LogP contribution in [0.15, 0.2) is 34.6 Å². The Morgan fingerprint density at radius 3 is 2.65 bits per heavy atom. The molecule has 0 aliphatic heterocycles. The lowest BCUT2D eigenvalue weighted by atomic mass is 10.2. The van der Waals surface area contributed by atoms with Gasteiger partial charge in [0.1, 0.15) is 4.75 Å². The lowest BCUT2D eigenvalue weighted by molar-refractivity contribution is -0.138. The number of pyridine rings is 1. The van der Waals surface area contributed by atoms with Crippen LogP contribution in [-0.2, 0) is 4.79 Å². The molecule has 1 aromatic heterocycles. The van der Waals surface area contributed by atoms with E-state index in [9.17, 15) is 4.79 Å². The Morgan fingerprint density at radius 2 is 2.10 bits per heavy atom. The van der Waals surface area contributed by atoms with Crippen molar-refractivity contribution in [3.05, 3.63) is 40.2 Å². The standard InChI is InChI=1S/C14H17ClN2O2S/c1-9(20-14(3,4)13(18)19)6-17-10(2)11-5-12(15)8-16-7-11/h5-8H,1-4H3,(H,18,19)/b9-6+,17-10?. The van der Waals surface area contributed by atoms with E-state index in [4.69, 9.17) is 16.7 Å². The van der Waals surface area contributed by atoms with Crippen LogP contribution in [0.3, 0.4) is 0 Å². The van der Waals surface area contributed by atoms with Gasteiger partial charge in [-0.3, -0.25) is 14.8 Å². The highest BCUT2D eigenvalue weighted by Crippen LogP contribution is 2.31. The van der Waals surface area contributed by atoms with E-state index in [2.05, 4.69) is 9.98 Å². The van der Waals surface area contributed by atoms with Gasteiger partial charge in [-0.1, -0.05) is 11.6 Å². The Labute approximate surface area is 128 Å². The first kappa shape index (κ1) is 16.7. The summed E-state index contributed by atoms with van der Waals surface area (Å²) in [6, 6.07) is 1.78. The summed E-state index contributed by atoms with van der Waals surface area (Å²) >= 11 is 7.13. The number of carboxylic acids is 1. The second-order valence-electron chi connectivity index (χ2n) is 4.76. The number of thioether (sulfide) groups is 1. The van der Waals surface area contributed by atoms with Gasteiger partial charge >= 0.3 is 5.97 Å². The van der Waals surface area contributed by atoms with E-state index in [0.29, 0.717) is 5.02 Å². The van der Waals surface area contributed by atoms with E-state index < -0.39 is 10.7 Å². The summed E-state index contributed by atoms with van der Waals surface area (Å²) in [5, 5.41) is 9.62. The first-order valence-corrected chi connectivity index (χ1v) is 7.16. The van der Waals surface area contributed by atoms with Crippen molar-refractivity contribution in [2.75, 3.05) is 0 Å². The van der Waals surface area contributed by atoms with Crippen LogP contribution in [-0.4, -0.2) is 26.5 Å². The number of rotatable bonds is 5. The van der Waals surface area contributed by atoms with Gasteiger partial charge in [0.15, 0.2) is 0 Å². The number of halogens is 1. The smallest absolute Gasteiger partial charge is 0.319 e. The maximum Gasteiger partial charge on any atom is 0.319 e. The summed E-state index contributed by atoms with van der Waals surface area (Å²) in [6.07, 6.45) is 4.90. The van der Waals surface area contributed by atoms with E-state index in [1.807, 2.05) is 13.8 Å². The third kappa shape index (κ3) is 4.98. The SMILES string of the molecule is CC(=N/C=C(\C)SC(C)(C)C(=O)O)c1cncc(Cl)c1. The predicted octanol–water partition coefficient (Wildman–Crippen LogP) is 4.00. The number of aliphatic imine (C=N–C) groups is 1. The van der Waals surface area contributed by atoms with Crippen molar-refractivity contribution in [3.8, 4) is 0 Å². The molecule has 0 aliphatic carbocycles. The van der Waals surface area contributed by atoms with Gasteiger partial charge < -0.3 is 5.11 Å². The van der Waals surface area contributed by atoms with Crippen molar-refractivity contribution in [1.82, 2.24) is 4.98 Å². The molecule has 0 amide bonds. The number of aliphatic carboxylic acids is 1. The zero-order chi connectivity index (χ0) is 15.3. The van der Waals surface area contributed by atoms with Crippen LogP contribution in [0.2, 0.25) is 5.02 Å². The second-order valence-corrected chi connectivity index (χ2v) is 7.07. The molecule has 1 heterocycles. The van der Waals surface area contributed by atoms with Gasteiger partial charge in [0.25, 0.3) is 0 Å². The molecule has 20 heavy (non-hydrogen) atoms. The fourth-order valence-corrected chi connectivity index (χ4v) is 2.52. The molecule has 0 radical (unpaired) electrons. The molecular weight excluding hydrogens is 296 g/mol. The molecule has 0 fully saturated rings. The molecular formula is C14H17ClN2O2S. The number of carbonyl (C=O) groups is 1. The zero-order valence-electron chi connectivity index (χ0n) is 11.8. The second kappa shape index (κ2) is 6.90. The zero-order valence-corrected chi connectivity index (χ0v) is 13.4. The van der Waals surface area contributed by atoms with Crippen molar-refractivity contribution in [2.24, 2.45) is 4.99 Å². The highest BCUT2D eigenvalue weighted by Gasteiger charge is 2.28. The number of nitrogens with zero attached hydrogens (tertiary/aromatic N) is 2. The fraction of sp³-hybridized carbons (Fsp3) is 0.357. The van der Waals surface area contributed by atoms with Crippen molar-refractivity contribution in [1.29, 1.82) is 0 Å². The highest BCUT2D eigenvalue weighted by molar-refractivity contribution is 8.05. The van der Waals surface area contributed by atoms with E-state index in [1.165, 1.54) is 11.8 Å². The molecule has 0 aromatic carbocycles. The number of hydrogen-bond donors (Lipinski definition) is 1. The van der Waals surface area contributed by atoms with Gasteiger partial charge in [-0.25, -0.2) is 0 Å². The molecule has 0 saturated heterocycles. The summed E-state index contributed by atoms with van der Waals surface area (Å²) in [6.45, 7) is 7.01. The van der Waals surface area contributed by atoms with Crippen LogP contribution in [0.5, 0.6) is 0 Å². The Kier molecular flexibility index (Phi) is 5.77. The van der Waals surface area contributed by atoms with Gasteiger partial charge in [-0.05, 0) is 33.8 Å². The average molecular weight is 313 g/mol. The van der Waals surface area contributed by atoms with Crippen LogP contribution < -0.4 is 0 Å². The van der Waals surface area contributed by atoms with Gasteiger partial charge in [-0.15, -0.1) is 11.8 Å². The molecule has 0 unspecified atom stereocenters. The minimum Gasteiger partial charge on any atom is -0.480 e. The van der Waals surface area contributed by atoms with Crippen LogP contribution in [0.1, 0.15) is 33.3 Å². The first-order chi connectivity index (χ1) is 9.22. The average Bonchev–Trinajstić information content (AvgIpc) is 2.35. The number of hydrogen-bond acceptors (Lipinski definition) is 4. The first-order valence-electron chi connectivity index (χ1n) is 5.97. The minimum atomic E-state index is -0.873. The summed E-state index contributed by atoms with van der Waals surface area (Å²) < 4.78 is -0.873. The van der Waals surface area contributed by atoms with Crippen molar-refractivity contribution < 1.29 is 9.90 Å². The molecule has 0 atom stereocenters. The molecule has 1 aromatic rings. The van der Waals surface area contributed by atoms with Crippen molar-refractivity contribution in [3.63, 3.8) is 0 Å². The molecule has 1 N–H and O–H groups in total. The molecule has 0 aliphatic rings. The largest absolute Gasteiger partial charge is 0.480 e. The van der Waals surface area contributed by atoms with Gasteiger partial charge in [0, 0.05) is 34.8 Å². The number of aromatic nitrogens is 1. The normalized spacial score (nSPS) is 13.4. The summed E-state index contributed by atoms with van der Waals surface area (Å²) in [5.41, 5.74) is 1.61. The fourth-order valence-electron chi connectivity index (χ4n) is 1.34. The van der Waals surface area contributed by atoms with Crippen molar-refractivity contribution >= 4 is 35.0 Å². The van der Waals surface area contributed by atoms with Crippen LogP contribution >= 0.6 is 23.4 Å². The highest BCUT2D eigenvalue weighted by atomic mass is 35.5. The topological polar surface area (TPSA) is 62.5 Å². The summed E-state index contributed by atoms with van der Waals surface area (Å²) in [5.74, 6) is -0.852. The molecule has 0 saturated carbocycles. The lowest BCUT2D eigenvalue weighted by Crippen LogP contribution is -2.26. The van der Waals surface area contributed by atoms with E-state index in [1.54, 1.807) is 38.5 Å².